The molecule has 1 heterocycles. The molecule has 1 atom stereocenters. The van der Waals surface area contributed by atoms with E-state index in [0.29, 0.717) is 44.3 Å². The summed E-state index contributed by atoms with van der Waals surface area (Å²) in [5.41, 5.74) is 2.90. The Morgan fingerprint density at radius 2 is 1.82 bits per heavy atom. The largest absolute Gasteiger partial charge is 0.460 e. The van der Waals surface area contributed by atoms with E-state index in [1.54, 1.807) is 36.2 Å². The van der Waals surface area contributed by atoms with Gasteiger partial charge in [0.15, 0.2) is 5.11 Å². The number of esters is 1. The van der Waals surface area contributed by atoms with Crippen LogP contribution in [0.4, 0.5) is 5.69 Å². The van der Waals surface area contributed by atoms with Crippen molar-refractivity contribution in [3.63, 3.8) is 0 Å². The van der Waals surface area contributed by atoms with Crippen LogP contribution in [0.5, 0.6) is 0 Å². The van der Waals surface area contributed by atoms with Gasteiger partial charge in [0, 0.05) is 31.1 Å². The Morgan fingerprint density at radius 3 is 2.45 bits per heavy atom. The van der Waals surface area contributed by atoms with Crippen LogP contribution in [0.1, 0.15) is 28.9 Å². The molecule has 1 aliphatic rings. The third kappa shape index (κ3) is 5.83. The van der Waals surface area contributed by atoms with Crippen LogP contribution in [0.25, 0.3) is 0 Å². The molecule has 1 amide bonds. The number of ether oxygens (including phenoxy) is 2. The fraction of sp³-hybridized carbons (Fsp3) is 0.261. The highest BCUT2D eigenvalue weighted by Crippen LogP contribution is 2.31. The number of rotatable bonds is 7. The van der Waals surface area contributed by atoms with Gasteiger partial charge in [-0.3, -0.25) is 4.79 Å². The van der Waals surface area contributed by atoms with E-state index in [9.17, 15) is 9.59 Å². The summed E-state index contributed by atoms with van der Waals surface area (Å²) in [6.07, 6.45) is 0. The Labute approximate surface area is 207 Å². The SMILES string of the molecule is COCCOC(=O)C1=C(C)N(C)C(=S)N[C@H]1c1ccc(NC(=O)c2ccc(Cl)c(Cl)c2)cc1. The van der Waals surface area contributed by atoms with Gasteiger partial charge in [0.25, 0.3) is 5.91 Å². The van der Waals surface area contributed by atoms with E-state index in [-0.39, 0.29) is 12.5 Å². The van der Waals surface area contributed by atoms with E-state index < -0.39 is 12.0 Å². The maximum Gasteiger partial charge on any atom is 0.338 e. The molecule has 0 aromatic heterocycles. The van der Waals surface area contributed by atoms with E-state index in [1.807, 2.05) is 19.1 Å². The number of nitrogens with zero attached hydrogens (tertiary/aromatic N) is 1. The zero-order chi connectivity index (χ0) is 24.1. The predicted octanol–water partition coefficient (Wildman–Crippen LogP) is 4.57. The molecule has 0 radical (unpaired) electrons. The number of halogens is 2. The molecule has 2 aromatic rings. The highest BCUT2D eigenvalue weighted by molar-refractivity contribution is 7.80. The summed E-state index contributed by atoms with van der Waals surface area (Å²) in [7, 11) is 3.32. The zero-order valence-electron chi connectivity index (χ0n) is 18.3. The van der Waals surface area contributed by atoms with Gasteiger partial charge in [0.2, 0.25) is 0 Å². The van der Waals surface area contributed by atoms with Crippen LogP contribution in [0.15, 0.2) is 53.7 Å². The Balaban J connectivity index is 1.81. The maximum absolute atomic E-state index is 12.8. The number of benzene rings is 2. The molecule has 0 bridgehead atoms. The van der Waals surface area contributed by atoms with Crippen LogP contribution >= 0.6 is 35.4 Å². The molecule has 2 aromatic carbocycles. The Hall–Kier alpha value is -2.65. The molecule has 0 saturated carbocycles. The van der Waals surface area contributed by atoms with Crippen molar-refractivity contribution in [3.05, 3.63) is 74.9 Å². The van der Waals surface area contributed by atoms with Crippen molar-refractivity contribution in [2.75, 3.05) is 32.7 Å². The zero-order valence-corrected chi connectivity index (χ0v) is 20.6. The minimum absolute atomic E-state index is 0.146. The van der Waals surface area contributed by atoms with Crippen molar-refractivity contribution >= 4 is 58.1 Å². The first kappa shape index (κ1) is 25.0. The first-order chi connectivity index (χ1) is 15.7. The van der Waals surface area contributed by atoms with E-state index in [0.717, 1.165) is 5.56 Å². The smallest absolute Gasteiger partial charge is 0.338 e. The van der Waals surface area contributed by atoms with Crippen molar-refractivity contribution in [3.8, 4) is 0 Å². The lowest BCUT2D eigenvalue weighted by atomic mass is 9.95. The van der Waals surface area contributed by atoms with Crippen LogP contribution < -0.4 is 10.6 Å². The normalized spacial score (nSPS) is 15.8. The maximum atomic E-state index is 12.8. The molecule has 0 saturated heterocycles. The summed E-state index contributed by atoms with van der Waals surface area (Å²) < 4.78 is 10.3. The molecule has 33 heavy (non-hydrogen) atoms. The molecule has 2 N–H and O–H groups in total. The summed E-state index contributed by atoms with van der Waals surface area (Å²) in [6, 6.07) is 11.3. The van der Waals surface area contributed by atoms with Crippen LogP contribution in [0.3, 0.4) is 0 Å². The Bertz CT molecular complexity index is 1110. The van der Waals surface area contributed by atoms with Gasteiger partial charge < -0.3 is 25.0 Å². The molecule has 0 aliphatic carbocycles. The fourth-order valence-electron chi connectivity index (χ4n) is 3.24. The van der Waals surface area contributed by atoms with Crippen molar-refractivity contribution in [2.45, 2.75) is 13.0 Å². The average Bonchev–Trinajstić information content (AvgIpc) is 2.79. The van der Waals surface area contributed by atoms with Gasteiger partial charge in [0.05, 0.1) is 28.3 Å². The quantitative estimate of drug-likeness (QED) is 0.322. The summed E-state index contributed by atoms with van der Waals surface area (Å²) in [5.74, 6) is -0.772. The van der Waals surface area contributed by atoms with Gasteiger partial charge in [-0.1, -0.05) is 35.3 Å². The van der Waals surface area contributed by atoms with Crippen molar-refractivity contribution in [1.82, 2.24) is 10.2 Å². The van der Waals surface area contributed by atoms with Crippen molar-refractivity contribution in [2.24, 2.45) is 0 Å². The number of hydrogen-bond donors (Lipinski definition) is 2. The number of amides is 1. The number of carbonyl (C=O) groups is 2. The molecule has 0 fully saturated rings. The topological polar surface area (TPSA) is 79.9 Å². The number of hydrogen-bond acceptors (Lipinski definition) is 5. The second-order valence-electron chi connectivity index (χ2n) is 7.27. The van der Waals surface area contributed by atoms with Gasteiger partial charge in [-0.25, -0.2) is 4.79 Å². The fourth-order valence-corrected chi connectivity index (χ4v) is 3.80. The molecule has 3 rings (SSSR count). The summed E-state index contributed by atoms with van der Waals surface area (Å²) in [5, 5.41) is 7.17. The second-order valence-corrected chi connectivity index (χ2v) is 8.48. The molecule has 0 unspecified atom stereocenters. The predicted molar refractivity (Wildman–Crippen MR) is 133 cm³/mol. The molecule has 1 aliphatic heterocycles. The van der Waals surface area contributed by atoms with Crippen LogP contribution in [-0.4, -0.2) is 49.3 Å². The lowest BCUT2D eigenvalue weighted by Gasteiger charge is -2.35. The van der Waals surface area contributed by atoms with Gasteiger partial charge >= 0.3 is 5.97 Å². The first-order valence-electron chi connectivity index (χ1n) is 10.00. The van der Waals surface area contributed by atoms with E-state index in [4.69, 9.17) is 44.9 Å². The number of allylic oxidation sites excluding steroid dienone is 1. The van der Waals surface area contributed by atoms with E-state index in [1.165, 1.54) is 13.2 Å². The van der Waals surface area contributed by atoms with Crippen LogP contribution in [0, 0.1) is 0 Å². The van der Waals surface area contributed by atoms with Crippen molar-refractivity contribution < 1.29 is 19.1 Å². The molecule has 0 spiro atoms. The first-order valence-corrected chi connectivity index (χ1v) is 11.2. The number of methoxy groups -OCH3 is 1. The Kier molecular flexibility index (Phi) is 8.31. The average molecular weight is 508 g/mol. The van der Waals surface area contributed by atoms with Gasteiger partial charge in [-0.15, -0.1) is 0 Å². The summed E-state index contributed by atoms with van der Waals surface area (Å²) >= 11 is 17.3. The van der Waals surface area contributed by atoms with Gasteiger partial charge in [-0.05, 0) is 55.0 Å². The number of anilines is 1. The molecule has 10 heteroatoms. The van der Waals surface area contributed by atoms with Gasteiger partial charge in [-0.2, -0.15) is 0 Å². The second kappa shape index (κ2) is 11.0. The van der Waals surface area contributed by atoms with Crippen LogP contribution in [-0.2, 0) is 14.3 Å². The van der Waals surface area contributed by atoms with Gasteiger partial charge in [0.1, 0.15) is 6.61 Å². The highest BCUT2D eigenvalue weighted by atomic mass is 35.5. The minimum Gasteiger partial charge on any atom is -0.460 e. The van der Waals surface area contributed by atoms with Crippen molar-refractivity contribution in [1.29, 1.82) is 0 Å². The lowest BCUT2D eigenvalue weighted by molar-refractivity contribution is -0.140. The molecule has 7 nitrogen and oxygen atoms in total. The van der Waals surface area contributed by atoms with E-state index in [2.05, 4.69) is 10.6 Å². The van der Waals surface area contributed by atoms with E-state index >= 15 is 0 Å². The number of thiocarbonyl (C=S) groups is 1. The highest BCUT2D eigenvalue weighted by Gasteiger charge is 2.33. The summed E-state index contributed by atoms with van der Waals surface area (Å²) in [4.78, 5) is 27.1. The van der Waals surface area contributed by atoms with Crippen LogP contribution in [0.2, 0.25) is 10.0 Å². The molecular formula is C23H23Cl2N3O4S. The third-order valence-electron chi connectivity index (χ3n) is 5.18. The molecular weight excluding hydrogens is 485 g/mol. The number of carbonyl (C=O) groups excluding carboxylic acids is 2. The minimum atomic E-state index is -0.497. The third-order valence-corrected chi connectivity index (χ3v) is 6.31. The number of nitrogens with one attached hydrogen (secondary N) is 2. The lowest BCUT2D eigenvalue weighted by Crippen LogP contribution is -2.46. The molecule has 174 valence electrons. The monoisotopic (exact) mass is 507 g/mol. The summed E-state index contributed by atoms with van der Waals surface area (Å²) in [6.45, 7) is 2.27. The standard InChI is InChI=1S/C23H23Cl2N3O4S/c1-13-19(22(30)32-11-10-31-3)20(27-23(33)28(13)2)14-4-7-16(8-5-14)26-21(29)15-6-9-17(24)18(25)12-15/h4-9,12,20H,10-11H2,1-3H3,(H,26,29)(H,27,33)/t20-/m0/s1. The Morgan fingerprint density at radius 1 is 1.12 bits per heavy atom.